The highest BCUT2D eigenvalue weighted by Gasteiger charge is 2.22. The first-order valence-corrected chi connectivity index (χ1v) is 11.4. The van der Waals surface area contributed by atoms with Crippen molar-refractivity contribution in [2.45, 2.75) is 44.8 Å². The fraction of sp³-hybridized carbons (Fsp3) is 0.652. The van der Waals surface area contributed by atoms with E-state index < -0.39 is 0 Å². The molecule has 4 rings (SSSR count). The lowest BCUT2D eigenvalue weighted by atomic mass is 10.1. The Balaban J connectivity index is 1.39. The number of nitrogens with zero attached hydrogens (tertiary/aromatic N) is 3. The number of benzene rings is 1. The Labute approximate surface area is 188 Å². The van der Waals surface area contributed by atoms with Crippen LogP contribution in [0.4, 0.5) is 0 Å². The van der Waals surface area contributed by atoms with Gasteiger partial charge < -0.3 is 28.4 Å². The van der Waals surface area contributed by atoms with E-state index in [2.05, 4.69) is 10.1 Å². The molecule has 2 unspecified atom stereocenters. The molecular formula is C23H33N3O6. The van der Waals surface area contributed by atoms with Crippen LogP contribution in [0.1, 0.15) is 48.8 Å². The molecule has 2 bridgehead atoms. The molecule has 176 valence electrons. The fourth-order valence-corrected chi connectivity index (χ4v) is 3.72. The van der Waals surface area contributed by atoms with Crippen LogP contribution >= 0.6 is 0 Å². The zero-order valence-electron chi connectivity index (χ0n) is 18.5. The van der Waals surface area contributed by atoms with Crippen LogP contribution in [0.3, 0.4) is 0 Å². The third kappa shape index (κ3) is 7.06. The molecule has 1 aromatic carbocycles. The van der Waals surface area contributed by atoms with Crippen LogP contribution in [0.2, 0.25) is 0 Å². The molecule has 0 radical (unpaired) electrons. The monoisotopic (exact) mass is 447 g/mol. The van der Waals surface area contributed by atoms with Crippen LogP contribution < -0.4 is 0 Å². The molecule has 0 saturated carbocycles. The van der Waals surface area contributed by atoms with Gasteiger partial charge in [0.2, 0.25) is 0 Å². The van der Waals surface area contributed by atoms with Crippen LogP contribution in [0.25, 0.3) is 0 Å². The molecule has 32 heavy (non-hydrogen) atoms. The second-order valence-corrected chi connectivity index (χ2v) is 7.77. The van der Waals surface area contributed by atoms with Crippen molar-refractivity contribution in [2.75, 3.05) is 52.9 Å². The lowest BCUT2D eigenvalue weighted by Crippen LogP contribution is -2.22. The summed E-state index contributed by atoms with van der Waals surface area (Å²) in [6, 6.07) is 10.1. The molecule has 1 saturated heterocycles. The Hall–Kier alpha value is -1.88. The highest BCUT2D eigenvalue weighted by molar-refractivity contribution is 5.17. The maximum atomic E-state index is 6.08. The number of fused-ring (bicyclic) bond motifs is 2. The minimum absolute atomic E-state index is 0.100. The smallest absolute Gasteiger partial charge is 0.176 e. The highest BCUT2D eigenvalue weighted by Crippen LogP contribution is 2.23. The van der Waals surface area contributed by atoms with Crippen LogP contribution in [0.5, 0.6) is 0 Å². The molecule has 1 aromatic heterocycles. The third-order valence-electron chi connectivity index (χ3n) is 5.37. The predicted molar refractivity (Wildman–Crippen MR) is 115 cm³/mol. The second kappa shape index (κ2) is 13.0. The van der Waals surface area contributed by atoms with Gasteiger partial charge in [-0.1, -0.05) is 30.3 Å². The molecule has 0 aliphatic carbocycles. The minimum atomic E-state index is -0.159. The van der Waals surface area contributed by atoms with Crippen LogP contribution in [-0.4, -0.2) is 67.6 Å². The van der Waals surface area contributed by atoms with Crippen molar-refractivity contribution in [3.05, 3.63) is 47.5 Å². The van der Waals surface area contributed by atoms with Crippen molar-refractivity contribution in [1.82, 2.24) is 14.8 Å². The molecule has 0 amide bonds. The maximum Gasteiger partial charge on any atom is 0.176 e. The summed E-state index contributed by atoms with van der Waals surface area (Å²) in [5.74, 6) is 1.37. The van der Waals surface area contributed by atoms with Gasteiger partial charge in [-0.25, -0.2) is 9.67 Å². The summed E-state index contributed by atoms with van der Waals surface area (Å²) >= 11 is 0. The molecule has 1 fully saturated rings. The molecule has 9 heteroatoms. The number of hydrogen-bond acceptors (Lipinski definition) is 8. The Morgan fingerprint density at radius 3 is 2.38 bits per heavy atom. The summed E-state index contributed by atoms with van der Waals surface area (Å²) < 4.78 is 36.8. The summed E-state index contributed by atoms with van der Waals surface area (Å²) in [5.41, 5.74) is 1.08. The third-order valence-corrected chi connectivity index (χ3v) is 5.37. The minimum Gasteiger partial charge on any atom is -0.377 e. The molecule has 2 aliphatic rings. The molecule has 9 nitrogen and oxygen atoms in total. The zero-order valence-corrected chi connectivity index (χ0v) is 18.5. The van der Waals surface area contributed by atoms with E-state index in [1.165, 1.54) is 0 Å². The molecule has 3 heterocycles. The van der Waals surface area contributed by atoms with Gasteiger partial charge >= 0.3 is 0 Å². The molecule has 2 aliphatic heterocycles. The average molecular weight is 448 g/mol. The molecular weight excluding hydrogens is 414 g/mol. The molecule has 2 atom stereocenters. The topological polar surface area (TPSA) is 86.1 Å². The van der Waals surface area contributed by atoms with Crippen molar-refractivity contribution in [1.29, 1.82) is 0 Å². The molecule has 0 spiro atoms. The Kier molecular flexibility index (Phi) is 9.44. The van der Waals surface area contributed by atoms with Gasteiger partial charge in [0.25, 0.3) is 0 Å². The van der Waals surface area contributed by atoms with Crippen molar-refractivity contribution in [3.8, 4) is 0 Å². The lowest BCUT2D eigenvalue weighted by molar-refractivity contribution is -0.0576. The van der Waals surface area contributed by atoms with E-state index in [0.29, 0.717) is 65.3 Å². The zero-order chi connectivity index (χ0) is 21.8. The number of aromatic nitrogens is 3. The van der Waals surface area contributed by atoms with Crippen LogP contribution in [0.15, 0.2) is 30.3 Å². The maximum absolute atomic E-state index is 6.08. The van der Waals surface area contributed by atoms with Crippen molar-refractivity contribution in [3.63, 3.8) is 0 Å². The predicted octanol–water partition coefficient (Wildman–Crippen LogP) is 2.82. The summed E-state index contributed by atoms with van der Waals surface area (Å²) in [6.07, 6.45) is 2.86. The van der Waals surface area contributed by atoms with E-state index in [1.54, 1.807) is 0 Å². The summed E-state index contributed by atoms with van der Waals surface area (Å²) in [4.78, 5) is 4.63. The van der Waals surface area contributed by atoms with Crippen LogP contribution in [0, 0.1) is 0 Å². The Bertz CT molecular complexity index is 781. The van der Waals surface area contributed by atoms with Gasteiger partial charge in [0.05, 0.1) is 46.2 Å². The number of hydrogen-bond donors (Lipinski definition) is 0. The highest BCUT2D eigenvalue weighted by atomic mass is 16.6. The van der Waals surface area contributed by atoms with E-state index >= 15 is 0 Å². The first-order chi connectivity index (χ1) is 15.9. The summed E-state index contributed by atoms with van der Waals surface area (Å²) in [7, 11) is 0. The van der Waals surface area contributed by atoms with E-state index in [0.717, 1.165) is 37.3 Å². The fourth-order valence-electron chi connectivity index (χ4n) is 3.72. The quantitative estimate of drug-likeness (QED) is 0.695. The Morgan fingerprint density at radius 2 is 1.53 bits per heavy atom. The van der Waals surface area contributed by atoms with E-state index in [1.807, 2.05) is 35.0 Å². The number of ether oxygens (including phenoxy) is 6. The van der Waals surface area contributed by atoms with Crippen molar-refractivity contribution < 1.29 is 28.4 Å². The SMILES string of the molecule is c1ccc(C2COCCOCCOCc3nc(n(C4CCCCO4)n3)COCCO2)cc1. The van der Waals surface area contributed by atoms with Crippen molar-refractivity contribution in [2.24, 2.45) is 0 Å². The largest absolute Gasteiger partial charge is 0.377 e. The standard InChI is InChI=1S/C23H33N3O6/c1-2-6-19(7-3-1)20-16-28-12-10-27-11-13-29-17-21-24-22(18-30-14-15-31-20)26(25-21)23-8-4-5-9-32-23/h1-3,6-7,20,23H,4-5,8-18H2. The first kappa shape index (κ1) is 23.3. The van der Waals surface area contributed by atoms with E-state index in [9.17, 15) is 0 Å². The van der Waals surface area contributed by atoms with E-state index in [-0.39, 0.29) is 12.3 Å². The molecule has 0 N–H and O–H groups in total. The van der Waals surface area contributed by atoms with E-state index in [4.69, 9.17) is 28.4 Å². The lowest BCUT2D eigenvalue weighted by Gasteiger charge is -2.23. The van der Waals surface area contributed by atoms with Gasteiger partial charge in [0.1, 0.15) is 19.3 Å². The summed E-state index contributed by atoms with van der Waals surface area (Å²) in [5, 5.41) is 4.63. The Morgan fingerprint density at radius 1 is 0.750 bits per heavy atom. The van der Waals surface area contributed by atoms with Gasteiger partial charge in [-0.3, -0.25) is 0 Å². The van der Waals surface area contributed by atoms with Gasteiger partial charge in [-0.15, -0.1) is 0 Å². The van der Waals surface area contributed by atoms with Crippen LogP contribution in [-0.2, 0) is 41.6 Å². The number of rotatable bonds is 2. The van der Waals surface area contributed by atoms with Gasteiger partial charge in [-0.05, 0) is 24.8 Å². The first-order valence-electron chi connectivity index (χ1n) is 11.4. The van der Waals surface area contributed by atoms with Gasteiger partial charge in [0, 0.05) is 6.61 Å². The molecule has 2 aromatic rings. The second-order valence-electron chi connectivity index (χ2n) is 7.77. The summed E-state index contributed by atoms with van der Waals surface area (Å²) in [6.45, 7) is 4.72. The normalized spacial score (nSPS) is 25.0. The van der Waals surface area contributed by atoms with Crippen molar-refractivity contribution >= 4 is 0 Å². The average Bonchev–Trinajstić information content (AvgIpc) is 3.25. The van der Waals surface area contributed by atoms with Gasteiger partial charge in [0.15, 0.2) is 17.9 Å². The van der Waals surface area contributed by atoms with Gasteiger partial charge in [-0.2, -0.15) is 5.10 Å².